The van der Waals surface area contributed by atoms with Crippen LogP contribution in [0.4, 0.5) is 0 Å². The van der Waals surface area contributed by atoms with Crippen molar-refractivity contribution in [3.05, 3.63) is 23.7 Å². The van der Waals surface area contributed by atoms with Gasteiger partial charge in [-0.3, -0.25) is 10.1 Å². The minimum absolute atomic E-state index is 0.0395. The number of rotatable bonds is 6. The molecule has 0 saturated carbocycles. The largest absolute Gasteiger partial charge is 0.475 e. The number of methoxy groups -OCH3 is 1. The van der Waals surface area contributed by atoms with Crippen molar-refractivity contribution in [2.24, 2.45) is 5.92 Å². The summed E-state index contributed by atoms with van der Waals surface area (Å²) in [5.41, 5.74) is 0.497. The van der Waals surface area contributed by atoms with Gasteiger partial charge in [-0.25, -0.2) is 4.79 Å². The Morgan fingerprint density at radius 1 is 1.50 bits per heavy atom. The molecular formula is C12H17NO5. The van der Waals surface area contributed by atoms with Gasteiger partial charge in [-0.2, -0.15) is 0 Å². The average molecular weight is 255 g/mol. The summed E-state index contributed by atoms with van der Waals surface area (Å²) in [6.07, 6.45) is 1.31. The molecule has 6 heteroatoms. The molecular weight excluding hydrogens is 238 g/mol. The topological polar surface area (TPSA) is 88.8 Å². The normalized spacial score (nSPS) is 12.4. The molecule has 0 spiro atoms. The minimum Gasteiger partial charge on any atom is -0.475 e. The van der Waals surface area contributed by atoms with Crippen LogP contribution >= 0.6 is 0 Å². The van der Waals surface area contributed by atoms with Crippen LogP contribution in [0.5, 0.6) is 0 Å². The van der Waals surface area contributed by atoms with Crippen LogP contribution in [0.25, 0.3) is 0 Å². The van der Waals surface area contributed by atoms with E-state index in [0.717, 1.165) is 0 Å². The molecule has 2 N–H and O–H groups in total. The highest BCUT2D eigenvalue weighted by Crippen LogP contribution is 2.12. The van der Waals surface area contributed by atoms with Crippen LogP contribution in [-0.4, -0.2) is 30.2 Å². The maximum atomic E-state index is 11.5. The monoisotopic (exact) mass is 255 g/mol. The van der Waals surface area contributed by atoms with E-state index in [0.29, 0.717) is 5.56 Å². The molecule has 1 unspecified atom stereocenters. The van der Waals surface area contributed by atoms with E-state index in [-0.39, 0.29) is 24.2 Å². The van der Waals surface area contributed by atoms with Crippen LogP contribution in [0, 0.1) is 5.92 Å². The summed E-state index contributed by atoms with van der Waals surface area (Å²) in [6.45, 7) is 3.99. The van der Waals surface area contributed by atoms with Gasteiger partial charge in [0.15, 0.2) is 0 Å². The van der Waals surface area contributed by atoms with E-state index in [4.69, 9.17) is 9.52 Å². The molecule has 1 aromatic heterocycles. The van der Waals surface area contributed by atoms with Crippen molar-refractivity contribution in [3.63, 3.8) is 0 Å². The smallest absolute Gasteiger partial charge is 0.372 e. The fraction of sp³-hybridized carbons (Fsp3) is 0.500. The van der Waals surface area contributed by atoms with Crippen LogP contribution in [0.1, 0.15) is 30.0 Å². The molecule has 0 aromatic carbocycles. The van der Waals surface area contributed by atoms with Crippen LogP contribution in [-0.2, 0) is 16.1 Å². The van der Waals surface area contributed by atoms with Gasteiger partial charge in [-0.15, -0.1) is 0 Å². The number of nitrogens with one attached hydrogen (secondary N) is 1. The summed E-state index contributed by atoms with van der Waals surface area (Å²) in [5, 5.41) is 11.8. The molecule has 1 aromatic rings. The third kappa shape index (κ3) is 3.33. The van der Waals surface area contributed by atoms with Gasteiger partial charge in [0.2, 0.25) is 5.76 Å². The second-order valence-corrected chi connectivity index (χ2v) is 4.21. The molecule has 1 heterocycles. The Labute approximate surface area is 105 Å². The van der Waals surface area contributed by atoms with E-state index >= 15 is 0 Å². The Hall–Kier alpha value is -1.82. The average Bonchev–Trinajstić information content (AvgIpc) is 2.76. The van der Waals surface area contributed by atoms with E-state index in [1.165, 1.54) is 13.4 Å². The first kappa shape index (κ1) is 14.2. The number of carbonyl (C=O) groups is 2. The number of hydrogen-bond donors (Lipinski definition) is 2. The second kappa shape index (κ2) is 6.20. The van der Waals surface area contributed by atoms with Crippen molar-refractivity contribution in [2.45, 2.75) is 26.4 Å². The molecule has 6 nitrogen and oxygen atoms in total. The number of esters is 1. The van der Waals surface area contributed by atoms with Crippen LogP contribution < -0.4 is 5.32 Å². The highest BCUT2D eigenvalue weighted by atomic mass is 16.5. The molecule has 1 atom stereocenters. The predicted octanol–water partition coefficient (Wildman–Crippen LogP) is 1.26. The lowest BCUT2D eigenvalue weighted by molar-refractivity contribution is -0.144. The number of aromatic carboxylic acids is 1. The lowest BCUT2D eigenvalue weighted by Crippen LogP contribution is -2.41. The van der Waals surface area contributed by atoms with Crippen molar-refractivity contribution in [3.8, 4) is 0 Å². The Kier molecular flexibility index (Phi) is 4.91. The van der Waals surface area contributed by atoms with Crippen molar-refractivity contribution in [1.82, 2.24) is 5.32 Å². The maximum absolute atomic E-state index is 11.5. The van der Waals surface area contributed by atoms with Crippen molar-refractivity contribution >= 4 is 11.9 Å². The molecule has 0 aliphatic rings. The number of carboxylic acid groups (broad SMARTS) is 1. The fourth-order valence-corrected chi connectivity index (χ4v) is 1.60. The number of carboxylic acids is 1. The van der Waals surface area contributed by atoms with Crippen molar-refractivity contribution in [2.75, 3.05) is 7.11 Å². The van der Waals surface area contributed by atoms with Crippen LogP contribution in [0.2, 0.25) is 0 Å². The third-order valence-corrected chi connectivity index (χ3v) is 2.58. The molecule has 0 amide bonds. The third-order valence-electron chi connectivity index (χ3n) is 2.58. The predicted molar refractivity (Wildman–Crippen MR) is 63.1 cm³/mol. The molecule has 0 aliphatic carbocycles. The number of furan rings is 1. The Morgan fingerprint density at radius 3 is 2.67 bits per heavy atom. The van der Waals surface area contributed by atoms with Gasteiger partial charge in [0.05, 0.1) is 13.4 Å². The summed E-state index contributed by atoms with van der Waals surface area (Å²) >= 11 is 0. The zero-order chi connectivity index (χ0) is 13.7. The lowest BCUT2D eigenvalue weighted by atomic mass is 10.0. The SMILES string of the molecule is COC(=O)C(NCc1ccoc1C(=O)O)C(C)C. The van der Waals surface area contributed by atoms with E-state index in [9.17, 15) is 9.59 Å². The van der Waals surface area contributed by atoms with Gasteiger partial charge < -0.3 is 14.3 Å². The van der Waals surface area contributed by atoms with E-state index in [1.807, 2.05) is 13.8 Å². The molecule has 0 saturated heterocycles. The number of hydrogen-bond acceptors (Lipinski definition) is 5. The van der Waals surface area contributed by atoms with Crippen molar-refractivity contribution < 1.29 is 23.8 Å². The summed E-state index contributed by atoms with van der Waals surface area (Å²) in [4.78, 5) is 22.3. The van der Waals surface area contributed by atoms with E-state index < -0.39 is 12.0 Å². The molecule has 1 rings (SSSR count). The van der Waals surface area contributed by atoms with Gasteiger partial charge in [0.25, 0.3) is 0 Å². The molecule has 18 heavy (non-hydrogen) atoms. The molecule has 100 valence electrons. The quantitative estimate of drug-likeness (QED) is 0.744. The van der Waals surface area contributed by atoms with Gasteiger partial charge in [-0.1, -0.05) is 13.8 Å². The van der Waals surface area contributed by atoms with Crippen LogP contribution in [0.3, 0.4) is 0 Å². The van der Waals surface area contributed by atoms with Gasteiger partial charge >= 0.3 is 11.9 Å². The highest BCUT2D eigenvalue weighted by Gasteiger charge is 2.23. The van der Waals surface area contributed by atoms with Crippen LogP contribution in [0.15, 0.2) is 16.7 Å². The Bertz CT molecular complexity index is 424. The minimum atomic E-state index is -1.13. The summed E-state index contributed by atoms with van der Waals surface area (Å²) in [6, 6.07) is 1.08. The fourth-order valence-electron chi connectivity index (χ4n) is 1.60. The molecule has 0 aliphatic heterocycles. The molecule has 0 radical (unpaired) electrons. The zero-order valence-corrected chi connectivity index (χ0v) is 10.6. The summed E-state index contributed by atoms with van der Waals surface area (Å²) in [7, 11) is 1.32. The van der Waals surface area contributed by atoms with E-state index in [2.05, 4.69) is 10.1 Å². The Balaban J connectivity index is 2.70. The first-order chi connectivity index (χ1) is 8.47. The summed E-state index contributed by atoms with van der Waals surface area (Å²) in [5.74, 6) is -1.58. The van der Waals surface area contributed by atoms with Gasteiger partial charge in [-0.05, 0) is 12.0 Å². The van der Waals surface area contributed by atoms with Gasteiger partial charge in [0.1, 0.15) is 6.04 Å². The molecule has 0 fully saturated rings. The summed E-state index contributed by atoms with van der Waals surface area (Å²) < 4.78 is 9.53. The number of ether oxygens (including phenoxy) is 1. The number of carbonyl (C=O) groups excluding carboxylic acids is 1. The zero-order valence-electron chi connectivity index (χ0n) is 10.6. The highest BCUT2D eigenvalue weighted by molar-refractivity contribution is 5.86. The molecule has 0 bridgehead atoms. The standard InChI is InChI=1S/C12H17NO5/c1-7(2)9(12(16)17-3)13-6-8-4-5-18-10(8)11(14)15/h4-5,7,9,13H,6H2,1-3H3,(H,14,15). The van der Waals surface area contributed by atoms with E-state index in [1.54, 1.807) is 6.07 Å². The second-order valence-electron chi connectivity index (χ2n) is 4.21. The first-order valence-electron chi connectivity index (χ1n) is 5.58. The van der Waals surface area contributed by atoms with Gasteiger partial charge in [0, 0.05) is 12.1 Å². The maximum Gasteiger partial charge on any atom is 0.372 e. The first-order valence-corrected chi connectivity index (χ1v) is 5.58. The van der Waals surface area contributed by atoms with Crippen molar-refractivity contribution in [1.29, 1.82) is 0 Å². The Morgan fingerprint density at radius 2 is 2.17 bits per heavy atom. The lowest BCUT2D eigenvalue weighted by Gasteiger charge is -2.19.